The molecule has 3 unspecified atom stereocenters. The topological polar surface area (TPSA) is 60.7 Å². The van der Waals surface area contributed by atoms with E-state index in [-0.39, 0.29) is 17.9 Å². The van der Waals surface area contributed by atoms with Gasteiger partial charge in [0.1, 0.15) is 5.76 Å². The molecule has 0 amide bonds. The number of rotatable bonds is 4. The van der Waals surface area contributed by atoms with Crippen molar-refractivity contribution in [3.63, 3.8) is 0 Å². The molecule has 0 saturated carbocycles. The summed E-state index contributed by atoms with van der Waals surface area (Å²) < 4.78 is 15.6. The fourth-order valence-electron chi connectivity index (χ4n) is 2.15. The number of furan rings is 1. The van der Waals surface area contributed by atoms with Gasteiger partial charge in [0.25, 0.3) is 0 Å². The van der Waals surface area contributed by atoms with Crippen molar-refractivity contribution in [3.05, 3.63) is 23.7 Å². The lowest BCUT2D eigenvalue weighted by molar-refractivity contribution is 0.0561. The van der Waals surface area contributed by atoms with Crippen LogP contribution in [0.1, 0.15) is 42.6 Å². The molecule has 3 atom stereocenters. The molecule has 1 aliphatic heterocycles. The Hall–Kier alpha value is -1.33. The predicted molar refractivity (Wildman–Crippen MR) is 65.4 cm³/mol. The van der Waals surface area contributed by atoms with Gasteiger partial charge in [-0.2, -0.15) is 0 Å². The van der Waals surface area contributed by atoms with Gasteiger partial charge in [-0.15, -0.1) is 0 Å². The maximum absolute atomic E-state index is 11.3. The summed E-state index contributed by atoms with van der Waals surface area (Å²) in [6.45, 7) is 4.85. The second-order valence-corrected chi connectivity index (χ2v) is 4.55. The summed E-state index contributed by atoms with van der Waals surface area (Å²) in [4.78, 5) is 11.3. The number of hydrogen-bond acceptors (Lipinski definition) is 5. The lowest BCUT2D eigenvalue weighted by atomic mass is 10.1. The molecule has 1 aromatic rings. The molecule has 2 rings (SSSR count). The monoisotopic (exact) mass is 253 g/mol. The maximum atomic E-state index is 11.3. The van der Waals surface area contributed by atoms with E-state index >= 15 is 0 Å². The van der Waals surface area contributed by atoms with E-state index < -0.39 is 5.97 Å². The van der Waals surface area contributed by atoms with Crippen LogP contribution in [0.25, 0.3) is 0 Å². The molecule has 1 N–H and O–H groups in total. The predicted octanol–water partition coefficient (Wildman–Crippen LogP) is 1.89. The Kier molecular flexibility index (Phi) is 4.04. The molecule has 5 nitrogen and oxygen atoms in total. The van der Waals surface area contributed by atoms with Gasteiger partial charge in [-0.25, -0.2) is 4.79 Å². The van der Waals surface area contributed by atoms with Crippen molar-refractivity contribution in [1.29, 1.82) is 0 Å². The fraction of sp³-hybridized carbons (Fsp3) is 0.615. The summed E-state index contributed by atoms with van der Waals surface area (Å²) >= 11 is 0. The zero-order valence-corrected chi connectivity index (χ0v) is 10.9. The van der Waals surface area contributed by atoms with Crippen molar-refractivity contribution in [2.75, 3.05) is 13.7 Å². The zero-order chi connectivity index (χ0) is 13.1. The summed E-state index contributed by atoms with van der Waals surface area (Å²) in [6, 6.07) is 3.79. The van der Waals surface area contributed by atoms with Gasteiger partial charge in [-0.05, 0) is 32.4 Å². The molecule has 1 saturated heterocycles. The second-order valence-electron chi connectivity index (χ2n) is 4.55. The third-order valence-electron chi connectivity index (χ3n) is 3.28. The van der Waals surface area contributed by atoms with Crippen molar-refractivity contribution in [1.82, 2.24) is 5.32 Å². The first kappa shape index (κ1) is 13.1. The fourth-order valence-corrected chi connectivity index (χ4v) is 2.15. The van der Waals surface area contributed by atoms with Crippen LogP contribution in [-0.2, 0) is 9.47 Å². The minimum atomic E-state index is -0.453. The van der Waals surface area contributed by atoms with Crippen LogP contribution in [0.3, 0.4) is 0 Å². The normalized spacial score (nSPS) is 25.1. The molecule has 100 valence electrons. The minimum Gasteiger partial charge on any atom is -0.463 e. The molecule has 1 aliphatic rings. The molecule has 1 aromatic heterocycles. The lowest BCUT2D eigenvalue weighted by Gasteiger charge is -2.20. The third-order valence-corrected chi connectivity index (χ3v) is 3.28. The Bertz CT molecular complexity index is 415. The van der Waals surface area contributed by atoms with E-state index in [1.165, 1.54) is 7.11 Å². The Morgan fingerprint density at radius 2 is 2.33 bits per heavy atom. The van der Waals surface area contributed by atoms with E-state index in [1.54, 1.807) is 12.1 Å². The zero-order valence-electron chi connectivity index (χ0n) is 10.9. The lowest BCUT2D eigenvalue weighted by Crippen LogP contribution is -2.36. The summed E-state index contributed by atoms with van der Waals surface area (Å²) in [5, 5.41) is 3.44. The molecule has 1 fully saturated rings. The molecular formula is C13H19NO4. The minimum absolute atomic E-state index is 0.0394. The van der Waals surface area contributed by atoms with Crippen LogP contribution in [0.2, 0.25) is 0 Å². The first-order chi connectivity index (χ1) is 8.61. The average Bonchev–Trinajstić information content (AvgIpc) is 2.98. The number of carbonyl (C=O) groups is 1. The summed E-state index contributed by atoms with van der Waals surface area (Å²) in [5.74, 6) is 0.511. The Labute approximate surface area is 106 Å². The molecule has 18 heavy (non-hydrogen) atoms. The molecule has 5 heteroatoms. The van der Waals surface area contributed by atoms with E-state index in [9.17, 15) is 4.79 Å². The van der Waals surface area contributed by atoms with Crippen molar-refractivity contribution < 1.29 is 18.7 Å². The number of ether oxygens (including phenoxy) is 2. The van der Waals surface area contributed by atoms with Gasteiger partial charge < -0.3 is 19.2 Å². The van der Waals surface area contributed by atoms with Gasteiger partial charge >= 0.3 is 5.97 Å². The van der Waals surface area contributed by atoms with Crippen LogP contribution in [0.5, 0.6) is 0 Å². The molecule has 0 aliphatic carbocycles. The van der Waals surface area contributed by atoms with E-state index in [0.717, 1.165) is 18.8 Å². The average molecular weight is 253 g/mol. The van der Waals surface area contributed by atoms with Gasteiger partial charge in [0.15, 0.2) is 0 Å². The molecule has 2 heterocycles. The highest BCUT2D eigenvalue weighted by Gasteiger charge is 2.26. The molecule has 0 bridgehead atoms. The molecule has 0 spiro atoms. The van der Waals surface area contributed by atoms with Gasteiger partial charge in [0.05, 0.1) is 19.3 Å². The maximum Gasteiger partial charge on any atom is 0.373 e. The number of nitrogens with one attached hydrogen (secondary N) is 1. The molecular weight excluding hydrogens is 234 g/mol. The molecule has 0 aromatic carbocycles. The van der Waals surface area contributed by atoms with Gasteiger partial charge in [-0.3, -0.25) is 0 Å². The summed E-state index contributed by atoms with van der Waals surface area (Å²) in [7, 11) is 1.34. The SMILES string of the molecule is COC(=O)c1ccc(C(C)NC2CCOC2C)o1. The van der Waals surface area contributed by atoms with Gasteiger partial charge in [-0.1, -0.05) is 0 Å². The van der Waals surface area contributed by atoms with Crippen LogP contribution < -0.4 is 5.32 Å². The van der Waals surface area contributed by atoms with Gasteiger partial charge in [0.2, 0.25) is 5.76 Å². The van der Waals surface area contributed by atoms with Gasteiger partial charge in [0, 0.05) is 12.6 Å². The van der Waals surface area contributed by atoms with Crippen LogP contribution >= 0.6 is 0 Å². The Morgan fingerprint density at radius 3 is 2.94 bits per heavy atom. The number of esters is 1. The third kappa shape index (κ3) is 2.73. The number of methoxy groups -OCH3 is 1. The van der Waals surface area contributed by atoms with E-state index in [0.29, 0.717) is 6.04 Å². The van der Waals surface area contributed by atoms with Crippen LogP contribution in [-0.4, -0.2) is 31.8 Å². The van der Waals surface area contributed by atoms with Crippen molar-refractivity contribution >= 4 is 5.97 Å². The second kappa shape index (κ2) is 5.54. The van der Waals surface area contributed by atoms with E-state index in [2.05, 4.69) is 17.0 Å². The number of carbonyl (C=O) groups excluding carboxylic acids is 1. The molecule has 0 radical (unpaired) electrons. The first-order valence-corrected chi connectivity index (χ1v) is 6.17. The standard InChI is InChI=1S/C13H19NO4/c1-8(14-10-6-7-17-9(10)2)11-4-5-12(18-11)13(15)16-3/h4-5,8-10,14H,6-7H2,1-3H3. The van der Waals surface area contributed by atoms with E-state index in [1.807, 2.05) is 6.92 Å². The van der Waals surface area contributed by atoms with Crippen molar-refractivity contribution in [2.45, 2.75) is 38.5 Å². The first-order valence-electron chi connectivity index (χ1n) is 6.17. The summed E-state index contributed by atoms with van der Waals surface area (Å²) in [5.41, 5.74) is 0. The Morgan fingerprint density at radius 1 is 1.56 bits per heavy atom. The quantitative estimate of drug-likeness (QED) is 0.830. The largest absolute Gasteiger partial charge is 0.463 e. The highest BCUT2D eigenvalue weighted by molar-refractivity contribution is 5.86. The Balaban J connectivity index is 1.98. The smallest absolute Gasteiger partial charge is 0.373 e. The van der Waals surface area contributed by atoms with Crippen molar-refractivity contribution in [2.24, 2.45) is 0 Å². The highest BCUT2D eigenvalue weighted by atomic mass is 16.5. The highest BCUT2D eigenvalue weighted by Crippen LogP contribution is 2.21. The summed E-state index contributed by atoms with van der Waals surface area (Å²) in [6.07, 6.45) is 1.21. The van der Waals surface area contributed by atoms with E-state index in [4.69, 9.17) is 9.15 Å². The number of hydrogen-bond donors (Lipinski definition) is 1. The van der Waals surface area contributed by atoms with Crippen LogP contribution in [0.15, 0.2) is 16.5 Å². The van der Waals surface area contributed by atoms with Crippen LogP contribution in [0, 0.1) is 0 Å². The van der Waals surface area contributed by atoms with Crippen molar-refractivity contribution in [3.8, 4) is 0 Å². The van der Waals surface area contributed by atoms with Crippen LogP contribution in [0.4, 0.5) is 0 Å².